The number of morpholine rings is 1. The summed E-state index contributed by atoms with van der Waals surface area (Å²) in [5, 5.41) is 6.03. The number of anilines is 1. The molecule has 0 radical (unpaired) electrons. The third-order valence-corrected chi connectivity index (χ3v) is 5.25. The summed E-state index contributed by atoms with van der Waals surface area (Å²) >= 11 is 0. The number of ether oxygens (including phenoxy) is 1. The van der Waals surface area contributed by atoms with Crippen LogP contribution in [0.4, 0.5) is 5.69 Å². The molecule has 166 valence electrons. The summed E-state index contributed by atoms with van der Waals surface area (Å²) in [6, 6.07) is 15.7. The number of carbonyl (C=O) groups excluding carboxylic acids is 1. The standard InChI is InChI=1S/C27H31N3O2/c1-3-22(21-28-2)10-7-15-29-27(31)25-13-14-26(30-16-18-32-19-17-30)24(20-25)12-11-23-8-5-4-6-9-23/h3-6,8-9,13-14,20-21,28H,1,7,10,15-19H2,2H3,(H,29,31)/b22-21+. The van der Waals surface area contributed by atoms with E-state index in [2.05, 4.69) is 34.0 Å². The van der Waals surface area contributed by atoms with Crippen LogP contribution in [0, 0.1) is 11.8 Å². The zero-order valence-corrected chi connectivity index (χ0v) is 18.7. The van der Waals surface area contributed by atoms with E-state index < -0.39 is 0 Å². The molecule has 1 aliphatic rings. The van der Waals surface area contributed by atoms with Crippen molar-refractivity contribution in [3.63, 3.8) is 0 Å². The quantitative estimate of drug-likeness (QED) is 0.382. The molecule has 3 rings (SSSR count). The fourth-order valence-electron chi connectivity index (χ4n) is 3.53. The monoisotopic (exact) mass is 429 g/mol. The van der Waals surface area contributed by atoms with Gasteiger partial charge in [-0.3, -0.25) is 4.79 Å². The lowest BCUT2D eigenvalue weighted by molar-refractivity contribution is 0.0953. The first-order valence-corrected chi connectivity index (χ1v) is 11.0. The highest BCUT2D eigenvalue weighted by molar-refractivity contribution is 5.95. The van der Waals surface area contributed by atoms with Crippen molar-refractivity contribution < 1.29 is 9.53 Å². The third-order valence-electron chi connectivity index (χ3n) is 5.25. The van der Waals surface area contributed by atoms with E-state index in [1.54, 1.807) is 0 Å². The Morgan fingerprint density at radius 2 is 1.94 bits per heavy atom. The molecule has 1 amide bonds. The molecular weight excluding hydrogens is 398 g/mol. The second kappa shape index (κ2) is 12.4. The Morgan fingerprint density at radius 1 is 1.16 bits per heavy atom. The van der Waals surface area contributed by atoms with E-state index >= 15 is 0 Å². The predicted molar refractivity (Wildman–Crippen MR) is 131 cm³/mol. The van der Waals surface area contributed by atoms with E-state index in [4.69, 9.17) is 4.74 Å². The maximum absolute atomic E-state index is 12.8. The molecule has 2 aromatic rings. The highest BCUT2D eigenvalue weighted by Crippen LogP contribution is 2.23. The molecule has 32 heavy (non-hydrogen) atoms. The first kappa shape index (κ1) is 23.2. The minimum Gasteiger partial charge on any atom is -0.394 e. The van der Waals surface area contributed by atoms with Crippen LogP contribution in [-0.2, 0) is 4.74 Å². The summed E-state index contributed by atoms with van der Waals surface area (Å²) in [7, 11) is 1.87. The lowest BCUT2D eigenvalue weighted by Gasteiger charge is -2.30. The molecule has 5 nitrogen and oxygen atoms in total. The van der Waals surface area contributed by atoms with Gasteiger partial charge >= 0.3 is 0 Å². The van der Waals surface area contributed by atoms with Gasteiger partial charge in [0.1, 0.15) is 0 Å². The molecule has 2 aromatic carbocycles. The van der Waals surface area contributed by atoms with Crippen molar-refractivity contribution in [2.75, 3.05) is 44.8 Å². The van der Waals surface area contributed by atoms with E-state index in [9.17, 15) is 4.79 Å². The van der Waals surface area contributed by atoms with Gasteiger partial charge < -0.3 is 20.3 Å². The van der Waals surface area contributed by atoms with Gasteiger partial charge in [-0.25, -0.2) is 0 Å². The largest absolute Gasteiger partial charge is 0.394 e. The molecule has 0 unspecified atom stereocenters. The zero-order chi connectivity index (χ0) is 22.6. The minimum absolute atomic E-state index is 0.0842. The molecule has 1 fully saturated rings. The zero-order valence-electron chi connectivity index (χ0n) is 18.7. The number of rotatable bonds is 8. The minimum atomic E-state index is -0.0842. The van der Waals surface area contributed by atoms with Gasteiger partial charge in [-0.1, -0.05) is 42.7 Å². The van der Waals surface area contributed by atoms with E-state index in [1.807, 2.05) is 67.9 Å². The van der Waals surface area contributed by atoms with Gasteiger partial charge in [-0.2, -0.15) is 0 Å². The fraction of sp³-hybridized carbons (Fsp3) is 0.296. The molecular formula is C27H31N3O2. The van der Waals surface area contributed by atoms with Crippen molar-refractivity contribution in [3.05, 3.63) is 89.6 Å². The number of hydrogen-bond acceptors (Lipinski definition) is 4. The molecule has 0 aliphatic carbocycles. The van der Waals surface area contributed by atoms with Crippen LogP contribution >= 0.6 is 0 Å². The summed E-state index contributed by atoms with van der Waals surface area (Å²) in [5.41, 5.74) is 4.59. The van der Waals surface area contributed by atoms with Gasteiger partial charge in [0.2, 0.25) is 0 Å². The van der Waals surface area contributed by atoms with Crippen LogP contribution < -0.4 is 15.5 Å². The molecule has 1 heterocycles. The fourth-order valence-corrected chi connectivity index (χ4v) is 3.53. The van der Waals surface area contributed by atoms with Crippen molar-refractivity contribution in [3.8, 4) is 11.8 Å². The number of nitrogens with one attached hydrogen (secondary N) is 2. The van der Waals surface area contributed by atoms with Crippen molar-refractivity contribution in [2.45, 2.75) is 12.8 Å². The average Bonchev–Trinajstić information content (AvgIpc) is 2.85. The van der Waals surface area contributed by atoms with Crippen LogP contribution in [0.3, 0.4) is 0 Å². The van der Waals surface area contributed by atoms with E-state index in [1.165, 1.54) is 0 Å². The van der Waals surface area contributed by atoms with E-state index in [-0.39, 0.29) is 5.91 Å². The number of hydrogen-bond donors (Lipinski definition) is 2. The van der Waals surface area contributed by atoms with Crippen molar-refractivity contribution in [1.82, 2.24) is 10.6 Å². The summed E-state index contributed by atoms with van der Waals surface area (Å²) < 4.78 is 5.49. The average molecular weight is 430 g/mol. The second-order valence-corrected chi connectivity index (χ2v) is 7.52. The van der Waals surface area contributed by atoms with Crippen molar-refractivity contribution in [2.24, 2.45) is 0 Å². The van der Waals surface area contributed by atoms with Gasteiger partial charge in [-0.05, 0) is 54.9 Å². The SMILES string of the molecule is C=C/C(=C\NC)CCCNC(=O)c1ccc(N2CCOCC2)c(C#Cc2ccccc2)c1. The molecule has 5 heteroatoms. The molecule has 0 spiro atoms. The van der Waals surface area contributed by atoms with Crippen LogP contribution in [0.1, 0.15) is 34.3 Å². The normalized spacial score (nSPS) is 13.7. The Labute approximate surface area is 191 Å². The number of nitrogens with zero attached hydrogens (tertiary/aromatic N) is 1. The summed E-state index contributed by atoms with van der Waals surface area (Å²) in [6.45, 7) is 7.45. The molecule has 1 saturated heterocycles. The van der Waals surface area contributed by atoms with Crippen molar-refractivity contribution >= 4 is 11.6 Å². The molecule has 0 bridgehead atoms. The van der Waals surface area contributed by atoms with Gasteiger partial charge in [-0.15, -0.1) is 0 Å². The van der Waals surface area contributed by atoms with Crippen LogP contribution in [-0.4, -0.2) is 45.8 Å². The Hall–Kier alpha value is -3.49. The second-order valence-electron chi connectivity index (χ2n) is 7.52. The number of carbonyl (C=O) groups is 1. The topological polar surface area (TPSA) is 53.6 Å². The lowest BCUT2D eigenvalue weighted by Crippen LogP contribution is -2.36. The highest BCUT2D eigenvalue weighted by Gasteiger charge is 2.16. The number of allylic oxidation sites excluding steroid dienone is 2. The smallest absolute Gasteiger partial charge is 0.251 e. The number of amides is 1. The summed E-state index contributed by atoms with van der Waals surface area (Å²) in [4.78, 5) is 15.0. The molecule has 1 aliphatic heterocycles. The first-order chi connectivity index (χ1) is 15.7. The maximum atomic E-state index is 12.8. The Bertz CT molecular complexity index is 997. The molecule has 2 N–H and O–H groups in total. The van der Waals surface area contributed by atoms with E-state index in [0.29, 0.717) is 25.3 Å². The number of benzene rings is 2. The third kappa shape index (κ3) is 6.76. The van der Waals surface area contributed by atoms with Crippen LogP contribution in [0.2, 0.25) is 0 Å². The Morgan fingerprint density at radius 3 is 2.66 bits per heavy atom. The van der Waals surface area contributed by atoms with Crippen LogP contribution in [0.25, 0.3) is 0 Å². The van der Waals surface area contributed by atoms with Crippen LogP contribution in [0.15, 0.2) is 73.0 Å². The maximum Gasteiger partial charge on any atom is 0.251 e. The molecule has 0 atom stereocenters. The lowest BCUT2D eigenvalue weighted by atomic mass is 10.1. The highest BCUT2D eigenvalue weighted by atomic mass is 16.5. The van der Waals surface area contributed by atoms with Gasteiger partial charge in [0.15, 0.2) is 0 Å². The van der Waals surface area contributed by atoms with Crippen LogP contribution in [0.5, 0.6) is 0 Å². The Kier molecular flexibility index (Phi) is 8.97. The molecule has 0 saturated carbocycles. The van der Waals surface area contributed by atoms with Gasteiger partial charge in [0, 0.05) is 43.4 Å². The predicted octanol–water partition coefficient (Wildman–Crippen LogP) is 3.72. The first-order valence-electron chi connectivity index (χ1n) is 11.0. The Balaban J connectivity index is 1.73. The van der Waals surface area contributed by atoms with Crippen molar-refractivity contribution in [1.29, 1.82) is 0 Å². The van der Waals surface area contributed by atoms with Gasteiger partial charge in [0.05, 0.1) is 18.9 Å². The van der Waals surface area contributed by atoms with E-state index in [0.717, 1.165) is 48.3 Å². The summed E-state index contributed by atoms with van der Waals surface area (Å²) in [5.74, 6) is 6.43. The van der Waals surface area contributed by atoms with Gasteiger partial charge in [0.25, 0.3) is 5.91 Å². The molecule has 0 aromatic heterocycles. The summed E-state index contributed by atoms with van der Waals surface area (Å²) in [6.07, 6.45) is 5.46.